The van der Waals surface area contributed by atoms with Crippen LogP contribution < -0.4 is 0 Å². The van der Waals surface area contributed by atoms with Gasteiger partial charge in [-0.15, -0.1) is 0 Å². The van der Waals surface area contributed by atoms with E-state index in [0.29, 0.717) is 11.8 Å². The van der Waals surface area contributed by atoms with Crippen molar-refractivity contribution in [1.82, 2.24) is 0 Å². The molecule has 78 valence electrons. The molecule has 1 heteroatoms. The van der Waals surface area contributed by atoms with Gasteiger partial charge in [0.25, 0.3) is 0 Å². The number of rotatable bonds is 7. The first-order chi connectivity index (χ1) is 6.17. The summed E-state index contributed by atoms with van der Waals surface area (Å²) in [6.45, 7) is 8.99. The summed E-state index contributed by atoms with van der Waals surface area (Å²) in [6, 6.07) is 0. The van der Waals surface area contributed by atoms with E-state index in [1.165, 1.54) is 37.0 Å². The zero-order valence-corrected chi connectivity index (χ0v) is 10.4. The van der Waals surface area contributed by atoms with E-state index in [2.05, 4.69) is 27.7 Å². The van der Waals surface area contributed by atoms with Crippen molar-refractivity contribution < 1.29 is 0 Å². The summed E-state index contributed by atoms with van der Waals surface area (Å²) < 4.78 is 0. The largest absolute Gasteiger partial charge is 0.0891 e. The highest BCUT2D eigenvalue weighted by atomic mass is 32.1. The Labute approximate surface area is 89.1 Å². The second kappa shape index (κ2) is 7.49. The van der Waals surface area contributed by atoms with Gasteiger partial charge in [0.05, 0.1) is 0 Å². The molecule has 0 aromatic heterocycles. The third-order valence-corrected chi connectivity index (χ3v) is 3.64. The topological polar surface area (TPSA) is 0 Å². The van der Waals surface area contributed by atoms with Crippen LogP contribution in [0.5, 0.6) is 0 Å². The predicted octanol–water partition coefficient (Wildman–Crippen LogP) is 4.62. The molecular weight excluding hydrogens is 176 g/mol. The minimum atomic E-state index is 0.636. The zero-order valence-electron chi connectivity index (χ0n) is 9.60. The molecule has 0 bridgehead atoms. The van der Waals surface area contributed by atoms with Crippen LogP contribution in [0.1, 0.15) is 59.8 Å². The lowest BCUT2D eigenvalue weighted by molar-refractivity contribution is 0.546. The molecule has 2 atom stereocenters. The Morgan fingerprint density at radius 2 is 1.77 bits per heavy atom. The van der Waals surface area contributed by atoms with Crippen molar-refractivity contribution in [2.24, 2.45) is 11.8 Å². The average molecular weight is 200 g/mol. The van der Waals surface area contributed by atoms with Gasteiger partial charge < -0.3 is 0 Å². The lowest BCUT2D eigenvalue weighted by Crippen LogP contribution is -2.18. The second-order valence-electron chi connectivity index (χ2n) is 3.96. The van der Waals surface area contributed by atoms with Crippen LogP contribution in [0.4, 0.5) is 0 Å². The third kappa shape index (κ3) is 4.75. The van der Waals surface area contributed by atoms with Crippen molar-refractivity contribution in [2.45, 2.75) is 59.8 Å². The first-order valence-electron chi connectivity index (χ1n) is 5.70. The number of thiocarbonyl (C=S) groups is 1. The third-order valence-electron chi connectivity index (χ3n) is 2.90. The van der Waals surface area contributed by atoms with Gasteiger partial charge >= 0.3 is 0 Å². The van der Waals surface area contributed by atoms with Crippen LogP contribution >= 0.6 is 12.2 Å². The molecule has 0 N–H and O–H groups in total. The van der Waals surface area contributed by atoms with Crippen molar-refractivity contribution in [3.8, 4) is 0 Å². The first kappa shape index (κ1) is 13.1. The summed E-state index contributed by atoms with van der Waals surface area (Å²) in [7, 11) is 0. The summed E-state index contributed by atoms with van der Waals surface area (Å²) >= 11 is 5.51. The Balaban J connectivity index is 3.98. The monoisotopic (exact) mass is 200 g/mol. The maximum absolute atomic E-state index is 5.51. The Bertz CT molecular complexity index is 140. The predicted molar refractivity (Wildman–Crippen MR) is 65.4 cm³/mol. The highest BCUT2D eigenvalue weighted by Crippen LogP contribution is 2.21. The second-order valence-corrected chi connectivity index (χ2v) is 4.43. The molecule has 0 saturated carbocycles. The fourth-order valence-electron chi connectivity index (χ4n) is 1.60. The standard InChI is InChI=1S/C12H24S/c1-5-8-9-11(7-3)12(13)10(4)6-2/h10-11H,5-9H2,1-4H3. The maximum atomic E-state index is 5.51. The molecule has 0 radical (unpaired) electrons. The van der Waals surface area contributed by atoms with E-state index in [-0.39, 0.29) is 0 Å². The van der Waals surface area contributed by atoms with E-state index >= 15 is 0 Å². The van der Waals surface area contributed by atoms with Gasteiger partial charge in [-0.25, -0.2) is 0 Å². The lowest BCUT2D eigenvalue weighted by atomic mass is 9.88. The van der Waals surface area contributed by atoms with Crippen LogP contribution in [0.25, 0.3) is 0 Å². The number of unbranched alkanes of at least 4 members (excludes halogenated alkanes) is 1. The fourth-order valence-corrected chi connectivity index (χ4v) is 2.05. The molecule has 0 rings (SSSR count). The number of hydrogen-bond acceptors (Lipinski definition) is 1. The molecule has 0 aromatic carbocycles. The van der Waals surface area contributed by atoms with Gasteiger partial charge in [0, 0.05) is 0 Å². The molecule has 0 aliphatic heterocycles. The van der Waals surface area contributed by atoms with E-state index in [9.17, 15) is 0 Å². The summed E-state index contributed by atoms with van der Waals surface area (Å²) in [4.78, 5) is 1.32. The molecule has 0 saturated heterocycles. The van der Waals surface area contributed by atoms with Crippen molar-refractivity contribution in [3.63, 3.8) is 0 Å². The van der Waals surface area contributed by atoms with E-state index in [1.807, 2.05) is 0 Å². The molecule has 0 heterocycles. The fraction of sp³-hybridized carbons (Fsp3) is 0.917. The van der Waals surface area contributed by atoms with Crippen LogP contribution in [-0.4, -0.2) is 4.86 Å². The average Bonchev–Trinajstić information content (AvgIpc) is 2.17. The summed E-state index contributed by atoms with van der Waals surface area (Å²) in [5.74, 6) is 1.33. The van der Waals surface area contributed by atoms with E-state index in [1.54, 1.807) is 0 Å². The van der Waals surface area contributed by atoms with Gasteiger partial charge in [-0.1, -0.05) is 52.8 Å². The molecular formula is C12H24S. The highest BCUT2D eigenvalue weighted by molar-refractivity contribution is 7.80. The normalized spacial score (nSPS) is 15.4. The Morgan fingerprint density at radius 3 is 2.15 bits per heavy atom. The van der Waals surface area contributed by atoms with Crippen LogP contribution in [0.3, 0.4) is 0 Å². The molecule has 0 nitrogen and oxygen atoms in total. The Morgan fingerprint density at radius 1 is 1.15 bits per heavy atom. The smallest absolute Gasteiger partial charge is 0.00127 e. The Hall–Kier alpha value is 0.0900. The lowest BCUT2D eigenvalue weighted by Gasteiger charge is -2.20. The van der Waals surface area contributed by atoms with Crippen molar-refractivity contribution in [2.75, 3.05) is 0 Å². The van der Waals surface area contributed by atoms with Crippen LogP contribution in [-0.2, 0) is 0 Å². The van der Waals surface area contributed by atoms with Gasteiger partial charge in [-0.05, 0) is 36.0 Å². The van der Waals surface area contributed by atoms with Crippen molar-refractivity contribution in [3.05, 3.63) is 0 Å². The van der Waals surface area contributed by atoms with Gasteiger partial charge in [-0.2, -0.15) is 0 Å². The van der Waals surface area contributed by atoms with E-state index < -0.39 is 0 Å². The molecule has 0 aliphatic carbocycles. The minimum absolute atomic E-state index is 0.636. The van der Waals surface area contributed by atoms with Gasteiger partial charge in [-0.3, -0.25) is 0 Å². The van der Waals surface area contributed by atoms with Crippen molar-refractivity contribution in [1.29, 1.82) is 0 Å². The van der Waals surface area contributed by atoms with Crippen LogP contribution in [0, 0.1) is 11.8 Å². The summed E-state index contributed by atoms with van der Waals surface area (Å²) in [5.41, 5.74) is 0. The van der Waals surface area contributed by atoms with Gasteiger partial charge in [0.2, 0.25) is 0 Å². The molecule has 0 fully saturated rings. The van der Waals surface area contributed by atoms with E-state index in [4.69, 9.17) is 12.2 Å². The summed E-state index contributed by atoms with van der Waals surface area (Å²) in [6.07, 6.45) is 6.34. The quantitative estimate of drug-likeness (QED) is 0.540. The molecule has 0 aliphatic rings. The number of hydrogen-bond donors (Lipinski definition) is 0. The summed E-state index contributed by atoms with van der Waals surface area (Å²) in [5, 5.41) is 0. The van der Waals surface area contributed by atoms with Gasteiger partial charge in [0.1, 0.15) is 0 Å². The Kier molecular flexibility index (Phi) is 7.54. The molecule has 0 spiro atoms. The van der Waals surface area contributed by atoms with Crippen LogP contribution in [0.15, 0.2) is 0 Å². The first-order valence-corrected chi connectivity index (χ1v) is 6.11. The SMILES string of the molecule is CCCCC(CC)C(=S)C(C)CC. The highest BCUT2D eigenvalue weighted by Gasteiger charge is 2.16. The molecule has 13 heavy (non-hydrogen) atoms. The molecule has 0 aromatic rings. The van der Waals surface area contributed by atoms with E-state index in [0.717, 1.165) is 0 Å². The van der Waals surface area contributed by atoms with Gasteiger partial charge in [0.15, 0.2) is 0 Å². The molecule has 0 amide bonds. The maximum Gasteiger partial charge on any atom is -0.00127 e. The molecule has 2 unspecified atom stereocenters. The minimum Gasteiger partial charge on any atom is -0.0891 e. The van der Waals surface area contributed by atoms with Crippen molar-refractivity contribution >= 4 is 17.1 Å². The van der Waals surface area contributed by atoms with Crippen LogP contribution in [0.2, 0.25) is 0 Å². The zero-order chi connectivity index (χ0) is 10.3.